The number of piperazine rings is 1. The molecule has 4 rings (SSSR count). The molecule has 0 unspecified atom stereocenters. The van der Waals surface area contributed by atoms with Crippen LogP contribution < -0.4 is 9.64 Å². The molecule has 4 nitrogen and oxygen atoms in total. The van der Waals surface area contributed by atoms with Crippen LogP contribution in [0.4, 0.5) is 10.1 Å². The van der Waals surface area contributed by atoms with Crippen molar-refractivity contribution in [3.63, 3.8) is 0 Å². The van der Waals surface area contributed by atoms with Crippen molar-refractivity contribution in [1.82, 2.24) is 4.90 Å². The van der Waals surface area contributed by atoms with Crippen LogP contribution in [0, 0.1) is 5.82 Å². The van der Waals surface area contributed by atoms with Gasteiger partial charge in [0.15, 0.2) is 0 Å². The van der Waals surface area contributed by atoms with E-state index < -0.39 is 0 Å². The molecule has 0 bridgehead atoms. The van der Waals surface area contributed by atoms with Gasteiger partial charge in [-0.3, -0.25) is 4.90 Å². The van der Waals surface area contributed by atoms with Crippen molar-refractivity contribution in [3.8, 4) is 5.75 Å². The van der Waals surface area contributed by atoms with Crippen LogP contribution in [-0.2, 0) is 10.6 Å². The largest absolute Gasteiger partial charge is 0.492 e. The minimum absolute atomic E-state index is 0.178. The second-order valence-corrected chi connectivity index (χ2v) is 8.10. The third-order valence-corrected chi connectivity index (χ3v) is 6.10. The van der Waals surface area contributed by atoms with Crippen LogP contribution in [0.2, 0.25) is 0 Å². The average Bonchev–Trinajstić information content (AvgIpc) is 2.75. The Balaban J connectivity index is 1.15. The Morgan fingerprint density at radius 1 is 1.04 bits per heavy atom. The predicted octanol–water partition coefficient (Wildman–Crippen LogP) is 4.39. The van der Waals surface area contributed by atoms with Crippen molar-refractivity contribution in [2.24, 2.45) is 0 Å². The summed E-state index contributed by atoms with van der Waals surface area (Å²) >= 11 is 1.44. The quantitative estimate of drug-likeness (QED) is 0.505. The molecule has 2 aromatic rings. The summed E-state index contributed by atoms with van der Waals surface area (Å²) in [6.07, 6.45) is 3.20. The molecule has 1 fully saturated rings. The van der Waals surface area contributed by atoms with Crippen LogP contribution in [0.5, 0.6) is 5.75 Å². The Morgan fingerprint density at radius 3 is 2.68 bits per heavy atom. The Morgan fingerprint density at radius 2 is 1.86 bits per heavy atom. The van der Waals surface area contributed by atoms with Gasteiger partial charge in [-0.1, -0.05) is 12.1 Å². The predicted molar refractivity (Wildman–Crippen MR) is 112 cm³/mol. The zero-order valence-corrected chi connectivity index (χ0v) is 16.9. The van der Waals surface area contributed by atoms with Gasteiger partial charge in [0.25, 0.3) is 0 Å². The molecule has 0 N–H and O–H groups in total. The number of hydrogen-bond acceptors (Lipinski definition) is 5. The lowest BCUT2D eigenvalue weighted by atomic mass is 10.1. The Kier molecular flexibility index (Phi) is 6.73. The first kappa shape index (κ1) is 19.6. The molecule has 0 spiro atoms. The van der Waals surface area contributed by atoms with Crippen molar-refractivity contribution >= 4 is 17.7 Å². The van der Waals surface area contributed by atoms with Gasteiger partial charge in [0, 0.05) is 50.5 Å². The fourth-order valence-electron chi connectivity index (χ4n) is 3.76. The molecule has 150 valence electrons. The summed E-state index contributed by atoms with van der Waals surface area (Å²) in [4.78, 5) is 5.88. The normalized spacial score (nSPS) is 17.2. The summed E-state index contributed by atoms with van der Waals surface area (Å²) in [6, 6.07) is 13.1. The molecule has 2 aliphatic rings. The first-order valence-corrected chi connectivity index (χ1v) is 10.8. The minimum atomic E-state index is -0.178. The van der Waals surface area contributed by atoms with Crippen molar-refractivity contribution in [1.29, 1.82) is 0 Å². The molecule has 2 heterocycles. The Bertz CT molecular complexity index is 764. The lowest BCUT2D eigenvalue weighted by molar-refractivity contribution is 0.234. The Labute approximate surface area is 170 Å². The molecule has 2 aliphatic heterocycles. The summed E-state index contributed by atoms with van der Waals surface area (Å²) in [5.41, 5.74) is 2.40. The summed E-state index contributed by atoms with van der Waals surface area (Å²) in [7, 11) is 0. The molecular formula is C22H27FN2O2S. The van der Waals surface area contributed by atoms with Crippen molar-refractivity contribution in [2.75, 3.05) is 50.8 Å². The minimum Gasteiger partial charge on any atom is -0.492 e. The number of benzene rings is 2. The number of nitrogens with zero attached hydrogens (tertiary/aromatic N) is 2. The molecule has 1 saturated heterocycles. The van der Waals surface area contributed by atoms with Gasteiger partial charge in [0.05, 0.1) is 18.1 Å². The van der Waals surface area contributed by atoms with E-state index in [0.29, 0.717) is 0 Å². The fraction of sp³-hybridized carbons (Fsp3) is 0.455. The van der Waals surface area contributed by atoms with Gasteiger partial charge < -0.3 is 13.8 Å². The van der Waals surface area contributed by atoms with Crippen LogP contribution in [0.25, 0.3) is 0 Å². The third kappa shape index (κ3) is 4.99. The first-order chi connectivity index (χ1) is 13.8. The van der Waals surface area contributed by atoms with E-state index in [1.165, 1.54) is 29.7 Å². The maximum absolute atomic E-state index is 13.1. The number of para-hydroxylation sites is 1. The molecule has 0 aliphatic carbocycles. The number of anilines is 1. The second-order valence-electron chi connectivity index (χ2n) is 7.26. The van der Waals surface area contributed by atoms with Crippen molar-refractivity contribution < 1.29 is 13.3 Å². The molecule has 0 atom stereocenters. The van der Waals surface area contributed by atoms with Crippen LogP contribution in [0.1, 0.15) is 18.4 Å². The number of ether oxygens (including phenoxy) is 1. The standard InChI is InChI=1S/C22H27FN2O2S/c23-19-7-9-20(10-8-19)25-14-12-24(13-15-25)11-3-17-27-28-21-6-1-4-18-5-2-16-26-22(18)21/h1,4,6-10H,2-3,5,11-17H2. The lowest BCUT2D eigenvalue weighted by Crippen LogP contribution is -2.46. The average molecular weight is 403 g/mol. The zero-order valence-electron chi connectivity index (χ0n) is 16.1. The smallest absolute Gasteiger partial charge is 0.138 e. The number of aryl methyl sites for hydroxylation is 1. The van der Waals surface area contributed by atoms with Crippen molar-refractivity contribution in [3.05, 3.63) is 53.8 Å². The van der Waals surface area contributed by atoms with Gasteiger partial charge in [0.2, 0.25) is 0 Å². The van der Waals surface area contributed by atoms with E-state index in [-0.39, 0.29) is 5.82 Å². The van der Waals surface area contributed by atoms with E-state index in [0.717, 1.165) is 81.5 Å². The highest BCUT2D eigenvalue weighted by Crippen LogP contribution is 2.36. The van der Waals surface area contributed by atoms with E-state index in [9.17, 15) is 4.39 Å². The van der Waals surface area contributed by atoms with Crippen LogP contribution >= 0.6 is 12.0 Å². The van der Waals surface area contributed by atoms with Crippen LogP contribution in [-0.4, -0.2) is 50.8 Å². The molecule has 2 aromatic carbocycles. The SMILES string of the molecule is Fc1ccc(N2CCN(CCCOSc3cccc4c3OCCC4)CC2)cc1. The van der Waals surface area contributed by atoms with Gasteiger partial charge in [-0.2, -0.15) is 0 Å². The van der Waals surface area contributed by atoms with Crippen molar-refractivity contribution in [2.45, 2.75) is 24.2 Å². The number of halogens is 1. The zero-order chi connectivity index (χ0) is 19.2. The summed E-state index contributed by atoms with van der Waals surface area (Å²) < 4.78 is 24.7. The lowest BCUT2D eigenvalue weighted by Gasteiger charge is -2.36. The van der Waals surface area contributed by atoms with Gasteiger partial charge >= 0.3 is 0 Å². The summed E-state index contributed by atoms with van der Waals surface area (Å²) in [5.74, 6) is 0.832. The first-order valence-electron chi connectivity index (χ1n) is 10.1. The second kappa shape index (κ2) is 9.63. The molecule has 0 saturated carbocycles. The van der Waals surface area contributed by atoms with E-state index in [2.05, 4.69) is 28.0 Å². The van der Waals surface area contributed by atoms with E-state index in [1.807, 2.05) is 12.1 Å². The molecule has 0 amide bonds. The van der Waals surface area contributed by atoms with Crippen LogP contribution in [0.3, 0.4) is 0 Å². The molecule has 0 radical (unpaired) electrons. The topological polar surface area (TPSA) is 24.9 Å². The molecule has 28 heavy (non-hydrogen) atoms. The Hall–Kier alpha value is -1.76. The summed E-state index contributed by atoms with van der Waals surface area (Å²) in [6.45, 7) is 6.60. The number of hydrogen-bond donors (Lipinski definition) is 0. The number of rotatable bonds is 7. The molecular weight excluding hydrogens is 375 g/mol. The van der Waals surface area contributed by atoms with Gasteiger partial charge in [-0.15, -0.1) is 0 Å². The van der Waals surface area contributed by atoms with Gasteiger partial charge in [-0.25, -0.2) is 4.39 Å². The highest BCUT2D eigenvalue weighted by molar-refractivity contribution is 7.94. The molecule has 6 heteroatoms. The number of fused-ring (bicyclic) bond motifs is 1. The highest BCUT2D eigenvalue weighted by Gasteiger charge is 2.17. The summed E-state index contributed by atoms with van der Waals surface area (Å²) in [5, 5.41) is 0. The third-order valence-electron chi connectivity index (χ3n) is 5.31. The molecule has 0 aromatic heterocycles. The van der Waals surface area contributed by atoms with E-state index in [4.69, 9.17) is 8.92 Å². The maximum Gasteiger partial charge on any atom is 0.138 e. The highest BCUT2D eigenvalue weighted by atomic mass is 32.2. The van der Waals surface area contributed by atoms with Gasteiger partial charge in [0.1, 0.15) is 11.6 Å². The maximum atomic E-state index is 13.1. The monoisotopic (exact) mass is 402 g/mol. The fourth-order valence-corrected chi connectivity index (χ4v) is 4.49. The van der Waals surface area contributed by atoms with Gasteiger partial charge in [-0.05, 0) is 55.2 Å². The van der Waals surface area contributed by atoms with E-state index >= 15 is 0 Å². The van der Waals surface area contributed by atoms with Crippen LogP contribution in [0.15, 0.2) is 47.4 Å². The van der Waals surface area contributed by atoms with E-state index in [1.54, 1.807) is 0 Å².